The van der Waals surface area contributed by atoms with Crippen LogP contribution in [0.4, 0.5) is 4.79 Å². The third-order valence-electron chi connectivity index (χ3n) is 3.80. The second-order valence-electron chi connectivity index (χ2n) is 5.32. The molecule has 23 heavy (non-hydrogen) atoms. The number of imide groups is 1. The number of nitrogens with one attached hydrogen (secondary N) is 1. The number of rotatable bonds is 4. The van der Waals surface area contributed by atoms with Gasteiger partial charge in [-0.05, 0) is 12.1 Å². The third-order valence-corrected chi connectivity index (χ3v) is 4.64. The number of carbonyl (C=O) groups is 4. The Labute approximate surface area is 137 Å². The lowest BCUT2D eigenvalue weighted by Gasteiger charge is -2.42. The van der Waals surface area contributed by atoms with Crippen LogP contribution in [-0.4, -0.2) is 64.2 Å². The van der Waals surface area contributed by atoms with Crippen molar-refractivity contribution < 1.29 is 19.2 Å². The third kappa shape index (κ3) is 3.21. The molecule has 0 radical (unpaired) electrons. The van der Waals surface area contributed by atoms with Gasteiger partial charge in [-0.2, -0.15) is 0 Å². The largest absolute Gasteiger partial charge is 0.343 e. The summed E-state index contributed by atoms with van der Waals surface area (Å²) in [6, 6.07) is 8.40. The summed E-state index contributed by atoms with van der Waals surface area (Å²) in [4.78, 5) is 49.8. The highest BCUT2D eigenvalue weighted by atomic mass is 32.2. The molecular formula is C15H15N3O4S. The second-order valence-corrected chi connectivity index (χ2v) is 6.25. The van der Waals surface area contributed by atoms with E-state index in [1.807, 2.05) is 0 Å². The van der Waals surface area contributed by atoms with Crippen molar-refractivity contribution in [1.82, 2.24) is 15.1 Å². The van der Waals surface area contributed by atoms with Gasteiger partial charge in [0.25, 0.3) is 11.1 Å². The van der Waals surface area contributed by atoms with Crippen molar-refractivity contribution >= 4 is 34.7 Å². The Bertz CT molecular complexity index is 642. The smallest absolute Gasteiger partial charge is 0.289 e. The fourth-order valence-electron chi connectivity index (χ4n) is 2.50. The van der Waals surface area contributed by atoms with Crippen LogP contribution in [0.15, 0.2) is 30.3 Å². The highest BCUT2D eigenvalue weighted by Crippen LogP contribution is 2.25. The van der Waals surface area contributed by atoms with Crippen LogP contribution < -0.4 is 5.32 Å². The molecule has 2 saturated heterocycles. The molecule has 0 aromatic heterocycles. The molecule has 120 valence electrons. The van der Waals surface area contributed by atoms with Crippen LogP contribution in [0.3, 0.4) is 0 Å². The quantitative estimate of drug-likeness (QED) is 0.858. The van der Waals surface area contributed by atoms with E-state index in [1.54, 1.807) is 30.3 Å². The summed E-state index contributed by atoms with van der Waals surface area (Å²) in [6.45, 7) is 0.563. The SMILES string of the molecule is O=C(NCC(=O)N1CC(N2C(=O)CSC2=O)C1)c1ccccc1. The maximum Gasteiger partial charge on any atom is 0.289 e. The Morgan fingerprint density at radius 3 is 2.48 bits per heavy atom. The summed E-state index contributed by atoms with van der Waals surface area (Å²) < 4.78 is 0. The summed E-state index contributed by atoms with van der Waals surface area (Å²) in [5.74, 6) is -0.555. The van der Waals surface area contributed by atoms with Crippen LogP contribution >= 0.6 is 11.8 Å². The maximum atomic E-state index is 12.0. The van der Waals surface area contributed by atoms with E-state index >= 15 is 0 Å². The molecule has 1 aromatic rings. The lowest BCUT2D eigenvalue weighted by Crippen LogP contribution is -2.63. The van der Waals surface area contributed by atoms with E-state index in [4.69, 9.17) is 0 Å². The Kier molecular flexibility index (Phi) is 4.33. The molecule has 0 atom stereocenters. The van der Waals surface area contributed by atoms with Crippen molar-refractivity contribution in [2.24, 2.45) is 0 Å². The molecule has 0 unspecified atom stereocenters. The lowest BCUT2D eigenvalue weighted by atomic mass is 10.1. The molecule has 2 heterocycles. The van der Waals surface area contributed by atoms with Gasteiger partial charge in [-0.3, -0.25) is 24.1 Å². The first kappa shape index (κ1) is 15.5. The first-order chi connectivity index (χ1) is 11.1. The molecule has 0 bridgehead atoms. The standard InChI is InChI=1S/C15H15N3O4S/c19-12(6-16-14(21)10-4-2-1-3-5-10)17-7-11(8-17)18-13(20)9-23-15(18)22/h1-5,11H,6-9H2,(H,16,21). The minimum Gasteiger partial charge on any atom is -0.343 e. The molecular weight excluding hydrogens is 318 g/mol. The molecule has 1 N–H and O–H groups in total. The fourth-order valence-corrected chi connectivity index (χ4v) is 3.27. The van der Waals surface area contributed by atoms with Crippen molar-refractivity contribution in [3.63, 3.8) is 0 Å². The van der Waals surface area contributed by atoms with Crippen molar-refractivity contribution in [1.29, 1.82) is 0 Å². The number of thioether (sulfide) groups is 1. The first-order valence-electron chi connectivity index (χ1n) is 7.16. The zero-order chi connectivity index (χ0) is 16.4. The summed E-state index contributed by atoms with van der Waals surface area (Å²) in [5, 5.41) is 2.32. The second kappa shape index (κ2) is 6.41. The summed E-state index contributed by atoms with van der Waals surface area (Å²) in [6.07, 6.45) is 0. The molecule has 0 spiro atoms. The van der Waals surface area contributed by atoms with E-state index < -0.39 is 0 Å². The fraction of sp³-hybridized carbons (Fsp3) is 0.333. The van der Waals surface area contributed by atoms with Crippen molar-refractivity contribution in [3.05, 3.63) is 35.9 Å². The van der Waals surface area contributed by atoms with E-state index in [-0.39, 0.29) is 41.3 Å². The number of hydrogen-bond acceptors (Lipinski definition) is 5. The Balaban J connectivity index is 1.45. The predicted molar refractivity (Wildman–Crippen MR) is 83.8 cm³/mol. The van der Waals surface area contributed by atoms with Crippen LogP contribution in [0.5, 0.6) is 0 Å². The van der Waals surface area contributed by atoms with Crippen LogP contribution in [-0.2, 0) is 9.59 Å². The normalized spacial score (nSPS) is 18.1. The molecule has 3 rings (SSSR count). The topological polar surface area (TPSA) is 86.8 Å². The van der Waals surface area contributed by atoms with E-state index in [1.165, 1.54) is 9.80 Å². The van der Waals surface area contributed by atoms with Crippen molar-refractivity contribution in [2.75, 3.05) is 25.4 Å². The number of nitrogens with zero attached hydrogens (tertiary/aromatic N) is 2. The Morgan fingerprint density at radius 2 is 1.87 bits per heavy atom. The molecule has 2 aliphatic rings. The summed E-state index contributed by atoms with van der Waals surface area (Å²) in [5.41, 5.74) is 0.493. The maximum absolute atomic E-state index is 12.0. The van der Waals surface area contributed by atoms with Crippen LogP contribution in [0.25, 0.3) is 0 Å². The van der Waals surface area contributed by atoms with Gasteiger partial charge in [0, 0.05) is 18.7 Å². The Hall–Kier alpha value is -2.35. The average molecular weight is 333 g/mol. The average Bonchev–Trinajstić information content (AvgIpc) is 2.84. The highest BCUT2D eigenvalue weighted by molar-refractivity contribution is 8.14. The van der Waals surface area contributed by atoms with E-state index in [2.05, 4.69) is 5.32 Å². The van der Waals surface area contributed by atoms with E-state index in [0.717, 1.165) is 11.8 Å². The van der Waals surface area contributed by atoms with Gasteiger partial charge in [0.15, 0.2) is 0 Å². The van der Waals surface area contributed by atoms with Gasteiger partial charge in [-0.15, -0.1) is 0 Å². The Morgan fingerprint density at radius 1 is 1.17 bits per heavy atom. The lowest BCUT2D eigenvalue weighted by molar-refractivity contribution is -0.141. The summed E-state index contributed by atoms with van der Waals surface area (Å²) in [7, 11) is 0. The molecule has 7 nitrogen and oxygen atoms in total. The molecule has 2 aliphatic heterocycles. The van der Waals surface area contributed by atoms with Gasteiger partial charge in [-0.25, -0.2) is 0 Å². The monoisotopic (exact) mass is 333 g/mol. The van der Waals surface area contributed by atoms with E-state index in [9.17, 15) is 19.2 Å². The zero-order valence-corrected chi connectivity index (χ0v) is 13.0. The van der Waals surface area contributed by atoms with Gasteiger partial charge in [-0.1, -0.05) is 30.0 Å². The number of likely N-dealkylation sites (tertiary alicyclic amines) is 1. The number of hydrogen-bond donors (Lipinski definition) is 1. The number of carbonyl (C=O) groups excluding carboxylic acids is 4. The molecule has 0 saturated carbocycles. The van der Waals surface area contributed by atoms with Gasteiger partial charge in [0.1, 0.15) is 0 Å². The molecule has 0 aliphatic carbocycles. The van der Waals surface area contributed by atoms with Crippen LogP contribution in [0.1, 0.15) is 10.4 Å². The molecule has 2 fully saturated rings. The van der Waals surface area contributed by atoms with Gasteiger partial charge < -0.3 is 10.2 Å². The number of benzene rings is 1. The highest BCUT2D eigenvalue weighted by Gasteiger charge is 2.43. The first-order valence-corrected chi connectivity index (χ1v) is 8.14. The van der Waals surface area contributed by atoms with Gasteiger partial charge in [0.05, 0.1) is 18.3 Å². The van der Waals surface area contributed by atoms with Gasteiger partial charge >= 0.3 is 0 Å². The summed E-state index contributed by atoms with van der Waals surface area (Å²) >= 11 is 0.989. The molecule has 1 aromatic carbocycles. The molecule has 8 heteroatoms. The van der Waals surface area contributed by atoms with Gasteiger partial charge in [0.2, 0.25) is 11.8 Å². The predicted octanol–water partition coefficient (Wildman–Crippen LogP) is 0.323. The van der Waals surface area contributed by atoms with Crippen molar-refractivity contribution in [2.45, 2.75) is 6.04 Å². The zero-order valence-electron chi connectivity index (χ0n) is 12.2. The molecule has 4 amide bonds. The van der Waals surface area contributed by atoms with Crippen molar-refractivity contribution in [3.8, 4) is 0 Å². The minimum absolute atomic E-state index is 0.100. The number of amides is 4. The minimum atomic E-state index is -0.308. The van der Waals surface area contributed by atoms with Crippen LogP contribution in [0.2, 0.25) is 0 Å². The van der Waals surface area contributed by atoms with Crippen LogP contribution in [0, 0.1) is 0 Å². The van der Waals surface area contributed by atoms with E-state index in [0.29, 0.717) is 18.7 Å².